The van der Waals surface area contributed by atoms with Crippen LogP contribution < -0.4 is 0 Å². The molecule has 1 aromatic carbocycles. The largest absolute Gasteiger partial charge is 0.306 e. The molecule has 0 aliphatic heterocycles. The molecule has 0 unspecified atom stereocenters. The monoisotopic (exact) mass is 249 g/mol. The molecule has 0 radical (unpaired) electrons. The van der Waals surface area contributed by atoms with E-state index in [0.717, 1.165) is 22.5 Å². The van der Waals surface area contributed by atoms with Gasteiger partial charge in [0.05, 0.1) is 5.69 Å². The summed E-state index contributed by atoms with van der Waals surface area (Å²) in [6, 6.07) is 11.6. The Bertz CT molecular complexity index is 763. The van der Waals surface area contributed by atoms with Crippen molar-refractivity contribution in [1.82, 2.24) is 9.38 Å². The van der Waals surface area contributed by atoms with E-state index in [9.17, 15) is 0 Å². The third-order valence-corrected chi connectivity index (χ3v) is 3.02. The fraction of sp³-hybridized carbons (Fsp3) is 0.0714. The minimum Gasteiger partial charge on any atom is -0.306 e. The highest BCUT2D eigenvalue weighted by Gasteiger charge is 2.05. The fourth-order valence-corrected chi connectivity index (χ4v) is 2.00. The molecule has 0 atom stereocenters. The van der Waals surface area contributed by atoms with Crippen molar-refractivity contribution in [3.05, 3.63) is 64.8 Å². The standard InChI is InChI=1S/C14H11N5/c1-10-5-6-11(8-12(10)17-18-15)13-9-19-7-3-2-4-14(19)16-13/h2-9H,1H3. The molecule has 0 fully saturated rings. The van der Waals surface area contributed by atoms with E-state index >= 15 is 0 Å². The molecule has 92 valence electrons. The Kier molecular flexibility index (Phi) is 2.67. The van der Waals surface area contributed by atoms with Gasteiger partial charge in [-0.05, 0) is 36.2 Å². The van der Waals surface area contributed by atoms with E-state index in [1.54, 1.807) is 0 Å². The Morgan fingerprint density at radius 1 is 1.26 bits per heavy atom. The van der Waals surface area contributed by atoms with Crippen molar-refractivity contribution in [2.75, 3.05) is 0 Å². The first kappa shape index (κ1) is 11.3. The summed E-state index contributed by atoms with van der Waals surface area (Å²) >= 11 is 0. The van der Waals surface area contributed by atoms with E-state index in [0.29, 0.717) is 5.69 Å². The van der Waals surface area contributed by atoms with Crippen LogP contribution in [-0.4, -0.2) is 9.38 Å². The number of hydrogen-bond acceptors (Lipinski definition) is 2. The van der Waals surface area contributed by atoms with Gasteiger partial charge < -0.3 is 4.40 Å². The molecule has 0 saturated heterocycles. The van der Waals surface area contributed by atoms with Gasteiger partial charge in [0.2, 0.25) is 0 Å². The van der Waals surface area contributed by atoms with Gasteiger partial charge in [-0.1, -0.05) is 23.3 Å². The zero-order valence-corrected chi connectivity index (χ0v) is 10.4. The molecule has 0 spiro atoms. The second kappa shape index (κ2) is 4.48. The van der Waals surface area contributed by atoms with Gasteiger partial charge in [-0.2, -0.15) is 0 Å². The van der Waals surface area contributed by atoms with Crippen molar-refractivity contribution in [3.63, 3.8) is 0 Å². The molecule has 0 aliphatic rings. The zero-order valence-electron chi connectivity index (χ0n) is 10.4. The number of rotatable bonds is 2. The normalized spacial score (nSPS) is 10.4. The molecular weight excluding hydrogens is 238 g/mol. The Morgan fingerprint density at radius 3 is 2.95 bits per heavy atom. The van der Waals surface area contributed by atoms with E-state index < -0.39 is 0 Å². The molecule has 3 rings (SSSR count). The van der Waals surface area contributed by atoms with Crippen LogP contribution in [0.3, 0.4) is 0 Å². The summed E-state index contributed by atoms with van der Waals surface area (Å²) in [5.74, 6) is 0. The summed E-state index contributed by atoms with van der Waals surface area (Å²) in [6.45, 7) is 1.91. The maximum absolute atomic E-state index is 8.56. The SMILES string of the molecule is Cc1ccc(-c2cn3ccccc3n2)cc1N=[N+]=[N-]. The Balaban J connectivity index is 2.15. The lowest BCUT2D eigenvalue weighted by molar-refractivity contribution is 1.19. The van der Waals surface area contributed by atoms with Crippen LogP contribution in [0.25, 0.3) is 27.3 Å². The van der Waals surface area contributed by atoms with Crippen LogP contribution in [0.1, 0.15) is 5.56 Å². The summed E-state index contributed by atoms with van der Waals surface area (Å²) < 4.78 is 1.96. The van der Waals surface area contributed by atoms with Crippen LogP contribution in [0.4, 0.5) is 5.69 Å². The Labute approximate surface area is 109 Å². The maximum Gasteiger partial charge on any atom is 0.137 e. The number of fused-ring (bicyclic) bond motifs is 1. The van der Waals surface area contributed by atoms with Crippen LogP contribution in [-0.2, 0) is 0 Å². The van der Waals surface area contributed by atoms with Gasteiger partial charge in [0.1, 0.15) is 5.65 Å². The van der Waals surface area contributed by atoms with E-state index in [4.69, 9.17) is 5.53 Å². The van der Waals surface area contributed by atoms with Crippen molar-refractivity contribution in [1.29, 1.82) is 0 Å². The van der Waals surface area contributed by atoms with Gasteiger partial charge in [0, 0.05) is 28.6 Å². The van der Waals surface area contributed by atoms with Gasteiger partial charge in [0.25, 0.3) is 0 Å². The molecule has 0 aliphatic carbocycles. The highest BCUT2D eigenvalue weighted by atomic mass is 15.1. The van der Waals surface area contributed by atoms with Crippen LogP contribution in [0.15, 0.2) is 53.9 Å². The Hall–Kier alpha value is -2.78. The van der Waals surface area contributed by atoms with E-state index in [2.05, 4.69) is 15.0 Å². The number of aryl methyl sites for hydroxylation is 1. The van der Waals surface area contributed by atoms with Crippen molar-refractivity contribution in [2.24, 2.45) is 5.11 Å². The van der Waals surface area contributed by atoms with E-state index in [1.165, 1.54) is 0 Å². The van der Waals surface area contributed by atoms with E-state index in [1.807, 2.05) is 60.1 Å². The molecule has 5 nitrogen and oxygen atoms in total. The van der Waals surface area contributed by atoms with Gasteiger partial charge in [-0.3, -0.25) is 0 Å². The topological polar surface area (TPSA) is 66.1 Å². The number of imidazole rings is 1. The summed E-state index contributed by atoms with van der Waals surface area (Å²) in [6.07, 6.45) is 3.91. The minimum atomic E-state index is 0.636. The number of pyridine rings is 1. The second-order valence-corrected chi connectivity index (χ2v) is 4.28. The number of hydrogen-bond donors (Lipinski definition) is 0. The van der Waals surface area contributed by atoms with Crippen LogP contribution in [0, 0.1) is 6.92 Å². The molecule has 3 aromatic rings. The third kappa shape index (κ3) is 2.03. The average Bonchev–Trinajstić information content (AvgIpc) is 2.85. The van der Waals surface area contributed by atoms with Crippen LogP contribution in [0.2, 0.25) is 0 Å². The molecule has 0 bridgehead atoms. The first-order chi connectivity index (χ1) is 9.28. The van der Waals surface area contributed by atoms with Crippen LogP contribution in [0.5, 0.6) is 0 Å². The molecule has 2 aromatic heterocycles. The quantitative estimate of drug-likeness (QED) is 0.380. The van der Waals surface area contributed by atoms with Crippen molar-refractivity contribution in [3.8, 4) is 11.3 Å². The molecule has 0 amide bonds. The van der Waals surface area contributed by atoms with Gasteiger partial charge in [-0.25, -0.2) is 4.98 Å². The molecule has 0 N–H and O–H groups in total. The summed E-state index contributed by atoms with van der Waals surface area (Å²) in [7, 11) is 0. The molecule has 0 saturated carbocycles. The van der Waals surface area contributed by atoms with Crippen molar-refractivity contribution < 1.29 is 0 Å². The minimum absolute atomic E-state index is 0.636. The third-order valence-electron chi connectivity index (χ3n) is 3.02. The number of benzene rings is 1. The second-order valence-electron chi connectivity index (χ2n) is 4.28. The predicted octanol–water partition coefficient (Wildman–Crippen LogP) is 4.25. The molecule has 2 heterocycles. The average molecular weight is 249 g/mol. The van der Waals surface area contributed by atoms with Crippen LogP contribution >= 0.6 is 0 Å². The lowest BCUT2D eigenvalue weighted by Gasteiger charge is -2.01. The highest BCUT2D eigenvalue weighted by Crippen LogP contribution is 2.27. The van der Waals surface area contributed by atoms with Gasteiger partial charge in [-0.15, -0.1) is 0 Å². The number of aromatic nitrogens is 2. The smallest absolute Gasteiger partial charge is 0.137 e. The van der Waals surface area contributed by atoms with Gasteiger partial charge >= 0.3 is 0 Å². The van der Waals surface area contributed by atoms with Crippen molar-refractivity contribution in [2.45, 2.75) is 6.92 Å². The zero-order chi connectivity index (χ0) is 13.2. The first-order valence-electron chi connectivity index (χ1n) is 5.88. The Morgan fingerprint density at radius 2 is 2.16 bits per heavy atom. The maximum atomic E-state index is 8.56. The molecular formula is C14H11N5. The molecule has 19 heavy (non-hydrogen) atoms. The first-order valence-corrected chi connectivity index (χ1v) is 5.88. The van der Waals surface area contributed by atoms with Gasteiger partial charge in [0.15, 0.2) is 0 Å². The van der Waals surface area contributed by atoms with Crippen molar-refractivity contribution >= 4 is 11.3 Å². The predicted molar refractivity (Wildman–Crippen MR) is 74.2 cm³/mol. The number of azide groups is 1. The summed E-state index contributed by atoms with van der Waals surface area (Å²) in [4.78, 5) is 7.39. The fourth-order valence-electron chi connectivity index (χ4n) is 2.00. The lowest BCUT2D eigenvalue weighted by Crippen LogP contribution is -1.79. The summed E-state index contributed by atoms with van der Waals surface area (Å²) in [5.41, 5.74) is 12.8. The summed E-state index contributed by atoms with van der Waals surface area (Å²) in [5, 5.41) is 3.69. The highest BCUT2D eigenvalue weighted by molar-refractivity contribution is 5.67. The number of nitrogens with zero attached hydrogens (tertiary/aromatic N) is 5. The lowest BCUT2D eigenvalue weighted by atomic mass is 10.1. The molecule has 5 heteroatoms. The van der Waals surface area contributed by atoms with E-state index in [-0.39, 0.29) is 0 Å².